The molecule has 1 fully saturated rings. The van der Waals surface area contributed by atoms with Crippen LogP contribution in [0.5, 0.6) is 0 Å². The Hall–Kier alpha value is -1.06. The molecule has 1 aliphatic heterocycles. The fraction of sp³-hybridized carbons (Fsp3) is 0.846. The zero-order chi connectivity index (χ0) is 13.1. The number of rotatable bonds is 5. The SMILES string of the molecule is CCCC1NC(=O)C(C)(CC)N(CCC)C1=O. The van der Waals surface area contributed by atoms with Gasteiger partial charge in [0, 0.05) is 6.54 Å². The second-order valence-electron chi connectivity index (χ2n) is 4.93. The molecular weight excluding hydrogens is 216 g/mol. The molecule has 17 heavy (non-hydrogen) atoms. The van der Waals surface area contributed by atoms with E-state index >= 15 is 0 Å². The molecule has 0 aromatic heterocycles. The second-order valence-corrected chi connectivity index (χ2v) is 4.93. The molecule has 1 aliphatic rings. The first-order valence-corrected chi connectivity index (χ1v) is 6.63. The van der Waals surface area contributed by atoms with E-state index in [0.717, 1.165) is 19.3 Å². The first-order chi connectivity index (χ1) is 8.01. The first-order valence-electron chi connectivity index (χ1n) is 6.63. The molecule has 0 aromatic rings. The van der Waals surface area contributed by atoms with Crippen LogP contribution in [-0.2, 0) is 9.59 Å². The maximum absolute atomic E-state index is 12.3. The molecule has 2 atom stereocenters. The molecule has 0 bridgehead atoms. The summed E-state index contributed by atoms with van der Waals surface area (Å²) in [6.45, 7) is 8.53. The van der Waals surface area contributed by atoms with Crippen molar-refractivity contribution in [2.24, 2.45) is 0 Å². The molecule has 0 spiro atoms. The van der Waals surface area contributed by atoms with Crippen molar-refractivity contribution < 1.29 is 9.59 Å². The summed E-state index contributed by atoms with van der Waals surface area (Å²) >= 11 is 0. The standard InChI is InChI=1S/C13H24N2O2/c1-5-8-10-11(16)15(9-6-2)13(4,7-3)12(17)14-10/h10H,5-9H2,1-4H3,(H,14,17). The Labute approximate surface area is 104 Å². The lowest BCUT2D eigenvalue weighted by Gasteiger charge is -2.46. The zero-order valence-electron chi connectivity index (χ0n) is 11.4. The molecule has 0 aliphatic carbocycles. The Kier molecular flexibility index (Phi) is 4.54. The lowest BCUT2D eigenvalue weighted by molar-refractivity contribution is -0.156. The van der Waals surface area contributed by atoms with Gasteiger partial charge in [0.25, 0.3) is 0 Å². The van der Waals surface area contributed by atoms with Crippen LogP contribution in [-0.4, -0.2) is 34.8 Å². The Balaban J connectivity index is 2.97. The van der Waals surface area contributed by atoms with Crippen LogP contribution >= 0.6 is 0 Å². The lowest BCUT2D eigenvalue weighted by Crippen LogP contribution is -2.69. The summed E-state index contributed by atoms with van der Waals surface area (Å²) in [6.07, 6.45) is 3.17. The average Bonchev–Trinajstić information content (AvgIpc) is 2.32. The van der Waals surface area contributed by atoms with Gasteiger partial charge in [-0.1, -0.05) is 27.2 Å². The van der Waals surface area contributed by atoms with Crippen molar-refractivity contribution >= 4 is 11.8 Å². The van der Waals surface area contributed by atoms with E-state index in [1.54, 1.807) is 4.90 Å². The maximum Gasteiger partial charge on any atom is 0.246 e. The highest BCUT2D eigenvalue weighted by molar-refractivity contribution is 5.99. The summed E-state index contributed by atoms with van der Waals surface area (Å²) < 4.78 is 0. The molecule has 1 heterocycles. The van der Waals surface area contributed by atoms with Crippen molar-refractivity contribution in [1.82, 2.24) is 10.2 Å². The highest BCUT2D eigenvalue weighted by Crippen LogP contribution is 2.26. The Morgan fingerprint density at radius 1 is 1.24 bits per heavy atom. The number of piperazine rings is 1. The number of hydrogen-bond acceptors (Lipinski definition) is 2. The predicted molar refractivity (Wildman–Crippen MR) is 67.5 cm³/mol. The summed E-state index contributed by atoms with van der Waals surface area (Å²) in [5.41, 5.74) is -0.669. The molecule has 4 heteroatoms. The van der Waals surface area contributed by atoms with Crippen LogP contribution in [0.15, 0.2) is 0 Å². The largest absolute Gasteiger partial charge is 0.342 e. The molecule has 1 rings (SSSR count). The molecule has 1 saturated heterocycles. The molecule has 4 nitrogen and oxygen atoms in total. The third kappa shape index (κ3) is 2.45. The van der Waals surface area contributed by atoms with Crippen molar-refractivity contribution in [2.45, 2.75) is 65.0 Å². The number of carbonyl (C=O) groups excluding carboxylic acids is 2. The van der Waals surface area contributed by atoms with Gasteiger partial charge in [0.05, 0.1) is 0 Å². The summed E-state index contributed by atoms with van der Waals surface area (Å²) in [5.74, 6) is 0.0733. The monoisotopic (exact) mass is 240 g/mol. The fourth-order valence-corrected chi connectivity index (χ4v) is 2.35. The molecule has 98 valence electrons. The van der Waals surface area contributed by atoms with Crippen molar-refractivity contribution in [3.8, 4) is 0 Å². The normalized spacial score (nSPS) is 29.4. The van der Waals surface area contributed by atoms with Crippen LogP contribution in [0.3, 0.4) is 0 Å². The van der Waals surface area contributed by atoms with Gasteiger partial charge in [-0.2, -0.15) is 0 Å². The van der Waals surface area contributed by atoms with Gasteiger partial charge >= 0.3 is 0 Å². The molecule has 2 amide bonds. The fourth-order valence-electron chi connectivity index (χ4n) is 2.35. The van der Waals surface area contributed by atoms with E-state index in [-0.39, 0.29) is 17.9 Å². The van der Waals surface area contributed by atoms with Gasteiger partial charge in [0.15, 0.2) is 0 Å². The van der Waals surface area contributed by atoms with E-state index in [4.69, 9.17) is 0 Å². The van der Waals surface area contributed by atoms with E-state index in [0.29, 0.717) is 13.0 Å². The molecule has 0 saturated carbocycles. The highest BCUT2D eigenvalue weighted by atomic mass is 16.2. The lowest BCUT2D eigenvalue weighted by atomic mass is 9.89. The number of nitrogens with zero attached hydrogens (tertiary/aromatic N) is 1. The molecule has 0 aromatic carbocycles. The van der Waals surface area contributed by atoms with Crippen LogP contribution in [0.4, 0.5) is 0 Å². The topological polar surface area (TPSA) is 49.4 Å². The van der Waals surface area contributed by atoms with Crippen molar-refractivity contribution in [3.63, 3.8) is 0 Å². The molecule has 1 N–H and O–H groups in total. The minimum absolute atomic E-state index is 0.00787. The highest BCUT2D eigenvalue weighted by Gasteiger charge is 2.47. The number of hydrogen-bond donors (Lipinski definition) is 1. The molecule has 2 unspecified atom stereocenters. The molecule has 0 radical (unpaired) electrons. The van der Waals surface area contributed by atoms with Crippen molar-refractivity contribution in [2.75, 3.05) is 6.54 Å². The Morgan fingerprint density at radius 3 is 2.35 bits per heavy atom. The Morgan fingerprint density at radius 2 is 1.88 bits per heavy atom. The van der Waals surface area contributed by atoms with Crippen LogP contribution < -0.4 is 5.32 Å². The van der Waals surface area contributed by atoms with E-state index in [1.807, 2.05) is 27.7 Å². The number of amides is 2. The molecular formula is C13H24N2O2. The van der Waals surface area contributed by atoms with Crippen molar-refractivity contribution in [1.29, 1.82) is 0 Å². The van der Waals surface area contributed by atoms with Crippen LogP contribution in [0, 0.1) is 0 Å². The quantitative estimate of drug-likeness (QED) is 0.795. The Bertz CT molecular complexity index is 304. The average molecular weight is 240 g/mol. The summed E-state index contributed by atoms with van der Waals surface area (Å²) in [6, 6.07) is -0.321. The summed E-state index contributed by atoms with van der Waals surface area (Å²) in [5, 5.41) is 2.87. The van der Waals surface area contributed by atoms with Gasteiger partial charge in [-0.3, -0.25) is 9.59 Å². The third-order valence-electron chi connectivity index (χ3n) is 3.67. The van der Waals surface area contributed by atoms with Gasteiger partial charge in [0.1, 0.15) is 11.6 Å². The van der Waals surface area contributed by atoms with Crippen LogP contribution in [0.25, 0.3) is 0 Å². The zero-order valence-corrected chi connectivity index (χ0v) is 11.4. The van der Waals surface area contributed by atoms with E-state index in [9.17, 15) is 9.59 Å². The van der Waals surface area contributed by atoms with Crippen LogP contribution in [0.1, 0.15) is 53.4 Å². The number of nitrogens with one attached hydrogen (secondary N) is 1. The minimum atomic E-state index is -0.669. The second kappa shape index (κ2) is 5.52. The van der Waals surface area contributed by atoms with Crippen molar-refractivity contribution in [3.05, 3.63) is 0 Å². The van der Waals surface area contributed by atoms with E-state index in [1.165, 1.54) is 0 Å². The maximum atomic E-state index is 12.3. The summed E-state index contributed by atoms with van der Waals surface area (Å²) in [7, 11) is 0. The van der Waals surface area contributed by atoms with Gasteiger partial charge in [-0.05, 0) is 26.2 Å². The van der Waals surface area contributed by atoms with E-state index < -0.39 is 5.54 Å². The summed E-state index contributed by atoms with van der Waals surface area (Å²) in [4.78, 5) is 26.3. The van der Waals surface area contributed by atoms with Gasteiger partial charge < -0.3 is 10.2 Å². The van der Waals surface area contributed by atoms with Gasteiger partial charge in [-0.15, -0.1) is 0 Å². The van der Waals surface area contributed by atoms with Gasteiger partial charge in [0.2, 0.25) is 11.8 Å². The predicted octanol–water partition coefficient (Wildman–Crippen LogP) is 1.69. The van der Waals surface area contributed by atoms with Crippen LogP contribution in [0.2, 0.25) is 0 Å². The smallest absolute Gasteiger partial charge is 0.246 e. The minimum Gasteiger partial charge on any atom is -0.342 e. The van der Waals surface area contributed by atoms with E-state index in [2.05, 4.69) is 5.32 Å². The first kappa shape index (κ1) is 14.0. The number of carbonyl (C=O) groups is 2. The third-order valence-corrected chi connectivity index (χ3v) is 3.67. The van der Waals surface area contributed by atoms with Gasteiger partial charge in [-0.25, -0.2) is 0 Å².